The van der Waals surface area contributed by atoms with E-state index in [0.717, 1.165) is 12.8 Å². The first-order chi connectivity index (χ1) is 12.7. The molecule has 1 heterocycles. The van der Waals surface area contributed by atoms with Crippen molar-refractivity contribution in [2.75, 3.05) is 20.3 Å². The van der Waals surface area contributed by atoms with Crippen molar-refractivity contribution in [3.05, 3.63) is 59.7 Å². The van der Waals surface area contributed by atoms with Gasteiger partial charge >= 0.3 is 11.9 Å². The highest BCUT2D eigenvalue weighted by molar-refractivity contribution is 5.94. The highest BCUT2D eigenvalue weighted by Gasteiger charge is 2.19. The highest BCUT2D eigenvalue weighted by atomic mass is 16.6. The van der Waals surface area contributed by atoms with E-state index < -0.39 is 11.9 Å². The molecule has 2 aromatic rings. The van der Waals surface area contributed by atoms with Crippen molar-refractivity contribution in [3.63, 3.8) is 0 Å². The molecule has 6 heteroatoms. The molecule has 0 aliphatic carbocycles. The number of esters is 2. The first-order valence-electron chi connectivity index (χ1n) is 8.41. The normalized spacial score (nSPS) is 16.1. The summed E-state index contributed by atoms with van der Waals surface area (Å²) >= 11 is 0. The minimum absolute atomic E-state index is 0.0366. The number of carbonyl (C=O) groups is 2. The zero-order valence-corrected chi connectivity index (χ0v) is 14.5. The maximum Gasteiger partial charge on any atom is 0.347 e. The second-order valence-electron chi connectivity index (χ2n) is 5.85. The monoisotopic (exact) mass is 356 g/mol. The Morgan fingerprint density at radius 1 is 1.12 bits per heavy atom. The molecule has 0 aromatic heterocycles. The molecule has 0 amide bonds. The van der Waals surface area contributed by atoms with Crippen molar-refractivity contribution in [2.24, 2.45) is 0 Å². The molecular weight excluding hydrogens is 336 g/mol. The molecule has 0 saturated carbocycles. The molecule has 6 nitrogen and oxygen atoms in total. The maximum absolute atomic E-state index is 12.3. The molecule has 26 heavy (non-hydrogen) atoms. The van der Waals surface area contributed by atoms with Gasteiger partial charge in [0.2, 0.25) is 0 Å². The minimum atomic E-state index is -0.563. The number of carbonyl (C=O) groups excluding carboxylic acids is 2. The third kappa shape index (κ3) is 4.40. The number of hydrogen-bond donors (Lipinski definition) is 0. The Labute approximate surface area is 151 Å². The molecule has 1 saturated heterocycles. The summed E-state index contributed by atoms with van der Waals surface area (Å²) in [5.74, 6) is -0.361. The van der Waals surface area contributed by atoms with Gasteiger partial charge in [0.25, 0.3) is 0 Å². The molecule has 1 aliphatic heterocycles. The lowest BCUT2D eigenvalue weighted by molar-refractivity contribution is 0.0161. The van der Waals surface area contributed by atoms with E-state index in [1.807, 2.05) is 0 Å². The van der Waals surface area contributed by atoms with E-state index >= 15 is 0 Å². The Kier molecular flexibility index (Phi) is 5.86. The van der Waals surface area contributed by atoms with Gasteiger partial charge in [0.15, 0.2) is 0 Å². The van der Waals surface area contributed by atoms with Gasteiger partial charge < -0.3 is 18.9 Å². The van der Waals surface area contributed by atoms with Gasteiger partial charge in [-0.25, -0.2) is 9.59 Å². The largest absolute Gasteiger partial charge is 0.496 e. The smallest absolute Gasteiger partial charge is 0.347 e. The highest BCUT2D eigenvalue weighted by Crippen LogP contribution is 2.21. The van der Waals surface area contributed by atoms with Crippen LogP contribution in [0, 0.1) is 0 Å². The standard InChI is InChI=1S/C20H20O6/c1-23-18-10-3-2-9-17(18)20(22)26-15-7-4-6-14(12-15)19(21)25-13-16-8-5-11-24-16/h2-4,6-7,9-10,12,16H,5,8,11,13H2,1H3. The summed E-state index contributed by atoms with van der Waals surface area (Å²) in [6, 6.07) is 13.1. The van der Waals surface area contributed by atoms with E-state index in [1.54, 1.807) is 42.5 Å². The van der Waals surface area contributed by atoms with E-state index in [-0.39, 0.29) is 18.5 Å². The minimum Gasteiger partial charge on any atom is -0.496 e. The Morgan fingerprint density at radius 3 is 2.73 bits per heavy atom. The Hall–Kier alpha value is -2.86. The number of para-hydroxylation sites is 1. The van der Waals surface area contributed by atoms with Gasteiger partial charge in [-0.3, -0.25) is 0 Å². The van der Waals surface area contributed by atoms with E-state index in [4.69, 9.17) is 18.9 Å². The molecular formula is C20H20O6. The molecule has 136 valence electrons. The first kappa shape index (κ1) is 17.9. The molecule has 2 aromatic carbocycles. The zero-order valence-electron chi connectivity index (χ0n) is 14.5. The van der Waals surface area contributed by atoms with Gasteiger partial charge in [0.1, 0.15) is 23.7 Å². The SMILES string of the molecule is COc1ccccc1C(=O)Oc1cccc(C(=O)OCC2CCCO2)c1. The lowest BCUT2D eigenvalue weighted by atomic mass is 10.2. The number of ether oxygens (including phenoxy) is 4. The predicted octanol–water partition coefficient (Wildman–Crippen LogP) is 3.25. The third-order valence-corrected chi connectivity index (χ3v) is 4.03. The summed E-state index contributed by atoms with van der Waals surface area (Å²) in [5.41, 5.74) is 0.620. The van der Waals surface area contributed by atoms with Gasteiger partial charge in [-0.15, -0.1) is 0 Å². The van der Waals surface area contributed by atoms with Gasteiger partial charge in [-0.1, -0.05) is 18.2 Å². The summed E-state index contributed by atoms with van der Waals surface area (Å²) in [6.07, 6.45) is 1.84. The average Bonchev–Trinajstić information content (AvgIpc) is 3.20. The summed E-state index contributed by atoms with van der Waals surface area (Å²) in [5, 5.41) is 0. The van der Waals surface area contributed by atoms with Crippen LogP contribution in [-0.4, -0.2) is 38.4 Å². The number of rotatable bonds is 6. The molecule has 0 N–H and O–H groups in total. The summed E-state index contributed by atoms with van der Waals surface area (Å²) in [6.45, 7) is 0.931. The van der Waals surface area contributed by atoms with Crippen molar-refractivity contribution < 1.29 is 28.5 Å². The second-order valence-corrected chi connectivity index (χ2v) is 5.85. The van der Waals surface area contributed by atoms with Gasteiger partial charge in [-0.05, 0) is 43.2 Å². The van der Waals surface area contributed by atoms with Crippen molar-refractivity contribution >= 4 is 11.9 Å². The quantitative estimate of drug-likeness (QED) is 0.584. The van der Waals surface area contributed by atoms with Crippen molar-refractivity contribution in [3.8, 4) is 11.5 Å². The number of benzene rings is 2. The van der Waals surface area contributed by atoms with Crippen LogP contribution in [0.2, 0.25) is 0 Å². The lowest BCUT2D eigenvalue weighted by Gasteiger charge is -2.11. The fourth-order valence-electron chi connectivity index (χ4n) is 2.69. The van der Waals surface area contributed by atoms with Crippen LogP contribution in [0.3, 0.4) is 0 Å². The van der Waals surface area contributed by atoms with E-state index in [0.29, 0.717) is 23.5 Å². The van der Waals surface area contributed by atoms with E-state index in [2.05, 4.69) is 0 Å². The average molecular weight is 356 g/mol. The molecule has 3 rings (SSSR count). The lowest BCUT2D eigenvalue weighted by Crippen LogP contribution is -2.18. The van der Waals surface area contributed by atoms with Gasteiger partial charge in [0.05, 0.1) is 18.8 Å². The van der Waals surface area contributed by atoms with Crippen LogP contribution in [0.25, 0.3) is 0 Å². The zero-order chi connectivity index (χ0) is 18.4. The van der Waals surface area contributed by atoms with Crippen LogP contribution in [-0.2, 0) is 9.47 Å². The molecule has 1 aliphatic rings. The third-order valence-electron chi connectivity index (χ3n) is 4.03. The van der Waals surface area contributed by atoms with Crippen LogP contribution in [0.4, 0.5) is 0 Å². The van der Waals surface area contributed by atoms with E-state index in [1.165, 1.54) is 13.2 Å². The molecule has 1 atom stereocenters. The number of hydrogen-bond acceptors (Lipinski definition) is 6. The van der Waals surface area contributed by atoms with E-state index in [9.17, 15) is 9.59 Å². The van der Waals surface area contributed by atoms with Crippen LogP contribution >= 0.6 is 0 Å². The predicted molar refractivity (Wildman–Crippen MR) is 93.7 cm³/mol. The van der Waals surface area contributed by atoms with Crippen molar-refractivity contribution in [1.29, 1.82) is 0 Å². The summed E-state index contributed by atoms with van der Waals surface area (Å²) in [7, 11) is 1.48. The Bertz CT molecular complexity index is 779. The Balaban J connectivity index is 1.64. The van der Waals surface area contributed by atoms with Gasteiger partial charge in [-0.2, -0.15) is 0 Å². The molecule has 1 unspecified atom stereocenters. The fraction of sp³-hybridized carbons (Fsp3) is 0.300. The Morgan fingerprint density at radius 2 is 1.96 bits per heavy atom. The van der Waals surface area contributed by atoms with Crippen LogP contribution in [0.15, 0.2) is 48.5 Å². The molecule has 0 spiro atoms. The molecule has 0 bridgehead atoms. The van der Waals surface area contributed by atoms with Crippen LogP contribution < -0.4 is 9.47 Å². The van der Waals surface area contributed by atoms with Crippen LogP contribution in [0.5, 0.6) is 11.5 Å². The first-order valence-corrected chi connectivity index (χ1v) is 8.41. The van der Waals surface area contributed by atoms with Crippen LogP contribution in [0.1, 0.15) is 33.6 Å². The molecule has 0 radical (unpaired) electrons. The fourth-order valence-corrected chi connectivity index (χ4v) is 2.69. The van der Waals surface area contributed by atoms with Gasteiger partial charge in [0, 0.05) is 6.61 Å². The van der Waals surface area contributed by atoms with Crippen molar-refractivity contribution in [2.45, 2.75) is 18.9 Å². The maximum atomic E-state index is 12.3. The summed E-state index contributed by atoms with van der Waals surface area (Å²) in [4.78, 5) is 24.5. The second kappa shape index (κ2) is 8.49. The van der Waals surface area contributed by atoms with Crippen molar-refractivity contribution in [1.82, 2.24) is 0 Å². The number of methoxy groups -OCH3 is 1. The summed E-state index contributed by atoms with van der Waals surface area (Å²) < 4.78 is 21.2. The topological polar surface area (TPSA) is 71.1 Å². The molecule has 1 fully saturated rings.